The molecule has 0 aliphatic carbocycles. The molecule has 5 heteroatoms. The van der Waals surface area contributed by atoms with Gasteiger partial charge >= 0.3 is 5.97 Å². The molecule has 86 valence electrons. The summed E-state index contributed by atoms with van der Waals surface area (Å²) in [7, 11) is 0. The van der Waals surface area contributed by atoms with Crippen LogP contribution in [0, 0.1) is 0 Å². The Bertz CT molecular complexity index is 257. The number of thiol groups is 1. The molecule has 0 saturated carbocycles. The predicted octanol–water partition coefficient (Wildman–Crippen LogP) is 1.16. The Morgan fingerprint density at radius 2 is 2.13 bits per heavy atom. The standard InChI is InChI=1S/C10H17NO3S/c1-7-3-2-4-8(10(13)14)11(7)9(12)5-6-15/h7-8,15H,2-6H2,1H3,(H,13,14)/t7-,8-/m0/s1. The normalized spacial score (nSPS) is 26.4. The molecule has 2 atom stereocenters. The predicted molar refractivity (Wildman–Crippen MR) is 60.1 cm³/mol. The molecule has 1 N–H and O–H groups in total. The lowest BCUT2D eigenvalue weighted by Crippen LogP contribution is -2.52. The number of amides is 1. The van der Waals surface area contributed by atoms with Crippen molar-refractivity contribution < 1.29 is 14.7 Å². The van der Waals surface area contributed by atoms with Crippen LogP contribution in [0.5, 0.6) is 0 Å². The van der Waals surface area contributed by atoms with E-state index in [0.717, 1.165) is 12.8 Å². The molecular formula is C10H17NO3S. The van der Waals surface area contributed by atoms with Gasteiger partial charge in [0.1, 0.15) is 6.04 Å². The lowest BCUT2D eigenvalue weighted by atomic mass is 9.96. The first-order valence-electron chi connectivity index (χ1n) is 5.22. The molecule has 1 fully saturated rings. The Morgan fingerprint density at radius 1 is 1.47 bits per heavy atom. The van der Waals surface area contributed by atoms with Crippen LogP contribution in [0.1, 0.15) is 32.6 Å². The van der Waals surface area contributed by atoms with Crippen LogP contribution in [-0.2, 0) is 9.59 Å². The lowest BCUT2D eigenvalue weighted by molar-refractivity contribution is -0.154. The maximum absolute atomic E-state index is 11.7. The molecule has 0 aromatic heterocycles. The van der Waals surface area contributed by atoms with Gasteiger partial charge in [-0.1, -0.05) is 0 Å². The van der Waals surface area contributed by atoms with Crippen molar-refractivity contribution >= 4 is 24.5 Å². The van der Waals surface area contributed by atoms with E-state index in [1.165, 1.54) is 4.90 Å². The third kappa shape index (κ3) is 2.87. The Hall–Kier alpha value is -0.710. The second-order valence-corrected chi connectivity index (χ2v) is 4.36. The fourth-order valence-electron chi connectivity index (χ4n) is 2.08. The van der Waals surface area contributed by atoms with Gasteiger partial charge in [-0.15, -0.1) is 0 Å². The van der Waals surface area contributed by atoms with E-state index in [2.05, 4.69) is 12.6 Å². The summed E-state index contributed by atoms with van der Waals surface area (Å²) >= 11 is 4.00. The van der Waals surface area contributed by atoms with Crippen molar-refractivity contribution in [2.45, 2.75) is 44.7 Å². The lowest BCUT2D eigenvalue weighted by Gasteiger charge is -2.38. The molecule has 0 spiro atoms. The maximum atomic E-state index is 11.7. The van der Waals surface area contributed by atoms with Crippen molar-refractivity contribution in [1.29, 1.82) is 0 Å². The average molecular weight is 231 g/mol. The SMILES string of the molecule is C[C@H]1CCC[C@@H](C(=O)O)N1C(=O)CCS. The van der Waals surface area contributed by atoms with Crippen LogP contribution in [0.15, 0.2) is 0 Å². The van der Waals surface area contributed by atoms with E-state index in [9.17, 15) is 9.59 Å². The molecule has 1 aliphatic heterocycles. The maximum Gasteiger partial charge on any atom is 0.326 e. The molecule has 15 heavy (non-hydrogen) atoms. The Labute approximate surface area is 95.1 Å². The van der Waals surface area contributed by atoms with E-state index in [1.807, 2.05) is 6.92 Å². The van der Waals surface area contributed by atoms with Crippen molar-refractivity contribution in [3.8, 4) is 0 Å². The third-order valence-electron chi connectivity index (χ3n) is 2.81. The molecule has 1 heterocycles. The second kappa shape index (κ2) is 5.39. The van der Waals surface area contributed by atoms with Gasteiger partial charge in [-0.3, -0.25) is 4.79 Å². The number of nitrogens with zero attached hydrogens (tertiary/aromatic N) is 1. The van der Waals surface area contributed by atoms with Crippen LogP contribution >= 0.6 is 12.6 Å². The molecule has 0 aromatic rings. The zero-order chi connectivity index (χ0) is 11.4. The van der Waals surface area contributed by atoms with Crippen molar-refractivity contribution in [2.75, 3.05) is 5.75 Å². The summed E-state index contributed by atoms with van der Waals surface area (Å²) in [6.45, 7) is 1.91. The summed E-state index contributed by atoms with van der Waals surface area (Å²) in [5.41, 5.74) is 0. The average Bonchev–Trinajstić information content (AvgIpc) is 2.17. The molecule has 4 nitrogen and oxygen atoms in total. The van der Waals surface area contributed by atoms with Gasteiger partial charge in [0, 0.05) is 12.5 Å². The first-order valence-corrected chi connectivity index (χ1v) is 5.86. The number of aliphatic carboxylic acids is 1. The van der Waals surface area contributed by atoms with E-state index in [0.29, 0.717) is 18.6 Å². The van der Waals surface area contributed by atoms with Gasteiger partial charge in [0.15, 0.2) is 0 Å². The Balaban J connectivity index is 2.76. The van der Waals surface area contributed by atoms with E-state index in [-0.39, 0.29) is 11.9 Å². The fourth-order valence-corrected chi connectivity index (χ4v) is 2.27. The van der Waals surface area contributed by atoms with E-state index in [4.69, 9.17) is 5.11 Å². The molecule has 1 aliphatic rings. The summed E-state index contributed by atoms with van der Waals surface area (Å²) in [6, 6.07) is -0.603. The number of piperidine rings is 1. The molecule has 0 unspecified atom stereocenters. The number of carbonyl (C=O) groups is 2. The van der Waals surface area contributed by atoms with E-state index < -0.39 is 12.0 Å². The molecular weight excluding hydrogens is 214 g/mol. The highest BCUT2D eigenvalue weighted by Crippen LogP contribution is 2.23. The van der Waals surface area contributed by atoms with Crippen molar-refractivity contribution in [3.63, 3.8) is 0 Å². The largest absolute Gasteiger partial charge is 0.480 e. The fraction of sp³-hybridized carbons (Fsp3) is 0.800. The number of carboxylic acid groups (broad SMARTS) is 1. The van der Waals surface area contributed by atoms with Crippen molar-refractivity contribution in [2.24, 2.45) is 0 Å². The number of carboxylic acids is 1. The highest BCUT2D eigenvalue weighted by molar-refractivity contribution is 7.80. The van der Waals surface area contributed by atoms with Crippen LogP contribution in [-0.4, -0.2) is 39.7 Å². The van der Waals surface area contributed by atoms with Gasteiger partial charge in [0.2, 0.25) is 5.91 Å². The molecule has 0 bridgehead atoms. The summed E-state index contributed by atoms with van der Waals surface area (Å²) in [5, 5.41) is 9.03. The molecule has 1 rings (SSSR count). The second-order valence-electron chi connectivity index (χ2n) is 3.91. The van der Waals surface area contributed by atoms with Crippen LogP contribution < -0.4 is 0 Å². The number of likely N-dealkylation sites (tertiary alicyclic amines) is 1. The van der Waals surface area contributed by atoms with Gasteiger partial charge in [-0.2, -0.15) is 12.6 Å². The zero-order valence-electron chi connectivity index (χ0n) is 8.85. The molecule has 1 amide bonds. The van der Waals surface area contributed by atoms with Crippen LogP contribution in [0.4, 0.5) is 0 Å². The minimum atomic E-state index is -0.894. The summed E-state index contributed by atoms with van der Waals surface area (Å²) in [4.78, 5) is 24.3. The topological polar surface area (TPSA) is 57.6 Å². The number of rotatable bonds is 3. The summed E-state index contributed by atoms with van der Waals surface area (Å²) in [6.07, 6.45) is 2.65. The number of carbonyl (C=O) groups excluding carboxylic acids is 1. The quantitative estimate of drug-likeness (QED) is 0.717. The number of hydrogen-bond donors (Lipinski definition) is 2. The zero-order valence-corrected chi connectivity index (χ0v) is 9.74. The minimum Gasteiger partial charge on any atom is -0.480 e. The number of hydrogen-bond acceptors (Lipinski definition) is 3. The van der Waals surface area contributed by atoms with Crippen molar-refractivity contribution in [3.05, 3.63) is 0 Å². The first kappa shape index (κ1) is 12.4. The van der Waals surface area contributed by atoms with Gasteiger partial charge in [0.25, 0.3) is 0 Å². The van der Waals surface area contributed by atoms with E-state index in [1.54, 1.807) is 0 Å². The summed E-state index contributed by atoms with van der Waals surface area (Å²) < 4.78 is 0. The molecule has 1 saturated heterocycles. The molecule has 0 radical (unpaired) electrons. The molecule has 0 aromatic carbocycles. The third-order valence-corrected chi connectivity index (χ3v) is 3.03. The first-order chi connectivity index (χ1) is 7.07. The highest BCUT2D eigenvalue weighted by Gasteiger charge is 2.35. The minimum absolute atomic E-state index is 0.0345. The van der Waals surface area contributed by atoms with Crippen molar-refractivity contribution in [1.82, 2.24) is 4.90 Å². The van der Waals surface area contributed by atoms with Gasteiger partial charge < -0.3 is 10.0 Å². The van der Waals surface area contributed by atoms with Crippen LogP contribution in [0.25, 0.3) is 0 Å². The highest BCUT2D eigenvalue weighted by atomic mass is 32.1. The van der Waals surface area contributed by atoms with Gasteiger partial charge in [-0.05, 0) is 31.9 Å². The monoisotopic (exact) mass is 231 g/mol. The van der Waals surface area contributed by atoms with Gasteiger partial charge in [0.05, 0.1) is 0 Å². The summed E-state index contributed by atoms with van der Waals surface area (Å²) in [5.74, 6) is -0.521. The van der Waals surface area contributed by atoms with Crippen LogP contribution in [0.2, 0.25) is 0 Å². The van der Waals surface area contributed by atoms with E-state index >= 15 is 0 Å². The Morgan fingerprint density at radius 3 is 2.67 bits per heavy atom. The smallest absolute Gasteiger partial charge is 0.326 e. The Kier molecular flexibility index (Phi) is 4.45. The van der Waals surface area contributed by atoms with Crippen LogP contribution in [0.3, 0.4) is 0 Å². The van der Waals surface area contributed by atoms with Gasteiger partial charge in [-0.25, -0.2) is 4.79 Å².